The molecule has 15 atom stereocenters. The average molecular weight is 1340 g/mol. The number of nitrogens with one attached hydrogen (secondary N) is 11. The number of benzene rings is 1. The molecule has 1 saturated carbocycles. The molecular weight excluding hydrogens is 1230 g/mol. The van der Waals surface area contributed by atoms with Gasteiger partial charge in [-0.05, 0) is 83.2 Å². The summed E-state index contributed by atoms with van der Waals surface area (Å²) in [5, 5.41) is 49.3. The molecule has 0 heterocycles. The molecule has 1 aromatic rings. The van der Waals surface area contributed by atoms with E-state index in [-0.39, 0.29) is 32.1 Å². The van der Waals surface area contributed by atoms with E-state index in [1.54, 1.807) is 41.7 Å². The maximum absolute atomic E-state index is 14.5. The molecule has 0 bridgehead atoms. The molecule has 29 heteroatoms. The van der Waals surface area contributed by atoms with E-state index in [4.69, 9.17) is 10.5 Å². The monoisotopic (exact) mass is 1330 g/mol. The number of carbonyl (C=O) groups excluding carboxylic acids is 12. The summed E-state index contributed by atoms with van der Waals surface area (Å²) in [5.41, 5.74) is 5.36. The van der Waals surface area contributed by atoms with E-state index in [0.29, 0.717) is 25.7 Å². The molecule has 27 nitrogen and oxygen atoms in total. The van der Waals surface area contributed by atoms with Gasteiger partial charge in [0.2, 0.25) is 71.9 Å². The van der Waals surface area contributed by atoms with Crippen molar-refractivity contribution in [1.29, 1.82) is 0 Å². The number of hydrogen-bond acceptors (Lipinski definition) is 16. The van der Waals surface area contributed by atoms with Crippen molar-refractivity contribution in [3.05, 3.63) is 35.9 Å². The van der Waals surface area contributed by atoms with Gasteiger partial charge in [0.1, 0.15) is 60.5 Å². The van der Waals surface area contributed by atoms with Crippen molar-refractivity contribution in [2.75, 3.05) is 20.3 Å². The highest BCUT2D eigenvalue weighted by Crippen LogP contribution is 2.46. The molecule has 1 aliphatic rings. The standard InChI is InChI=1S/C65H108F2N12O15/c1-11-15-17-19-24-28-44(72-58(87)47(69-10)32-42-26-22-21-23-27-42)56(85)74-48(35-80)59(88)73-45(30-31-51(68)83)57(86)76-53(39(6)14-4)62(91)77-52(38(5)13-3)61(90)75-49(36-81)60(89)78-54(41(8)94-64(93)46(70-37-82)29-25-20-18-16-12-2)63(92)71-40(7)55(84)79-65(9)34-43(65)33-50(66)67/h21-23,26-27,37-41,43-50,52-54,69,80-81H,11-20,24-25,28-36H2,1-10H3,(H2,68,83)(H,70,82)(H,71,92)(H,72,87)(H,73,88)(H,74,85)(H,75,90)(H,76,86)(H,77,91)(H,78,89)(H,79,84)/t38-,39-,40-,41-,43+,44-,45+,46-,47+,48-,49-,52-,53+,54+,65+/m0/s1. The molecule has 1 fully saturated rings. The third-order valence-electron chi connectivity index (χ3n) is 17.2. The molecule has 0 unspecified atom stereocenters. The number of alkyl halides is 2. The first-order valence-electron chi connectivity index (χ1n) is 33.2. The summed E-state index contributed by atoms with van der Waals surface area (Å²) < 4.78 is 32.0. The molecule has 11 amide bonds. The molecule has 2 rings (SSSR count). The Morgan fingerprint density at radius 1 is 0.574 bits per heavy atom. The molecule has 0 aromatic heterocycles. The molecule has 1 aromatic carbocycles. The van der Waals surface area contributed by atoms with Gasteiger partial charge in [0.25, 0.3) is 0 Å². The number of aliphatic hydroxyl groups excluding tert-OH is 2. The predicted octanol–water partition coefficient (Wildman–Crippen LogP) is 1.37. The number of primary amides is 1. The molecule has 0 aliphatic heterocycles. The number of amides is 11. The lowest BCUT2D eigenvalue weighted by atomic mass is 9.94. The lowest BCUT2D eigenvalue weighted by molar-refractivity contribution is -0.155. The van der Waals surface area contributed by atoms with Crippen molar-refractivity contribution in [2.24, 2.45) is 23.5 Å². The van der Waals surface area contributed by atoms with Crippen molar-refractivity contribution >= 4 is 71.5 Å². The summed E-state index contributed by atoms with van der Waals surface area (Å²) in [5.74, 6) is -12.1. The van der Waals surface area contributed by atoms with Crippen LogP contribution in [0, 0.1) is 17.8 Å². The lowest BCUT2D eigenvalue weighted by Crippen LogP contribution is -2.63. The molecule has 94 heavy (non-hydrogen) atoms. The van der Waals surface area contributed by atoms with Crippen LogP contribution in [0.25, 0.3) is 0 Å². The van der Waals surface area contributed by atoms with Crippen LogP contribution in [0.3, 0.4) is 0 Å². The molecule has 1 aliphatic carbocycles. The van der Waals surface area contributed by atoms with Crippen LogP contribution in [-0.4, -0.2) is 180 Å². The first-order chi connectivity index (χ1) is 44.6. The minimum atomic E-state index is -2.61. The van der Waals surface area contributed by atoms with E-state index in [1.807, 2.05) is 44.2 Å². The van der Waals surface area contributed by atoms with E-state index in [2.05, 4.69) is 58.5 Å². The Labute approximate surface area is 551 Å². The number of aliphatic hydroxyl groups is 2. The highest BCUT2D eigenvalue weighted by Gasteiger charge is 2.52. The van der Waals surface area contributed by atoms with Gasteiger partial charge in [0.05, 0.1) is 19.3 Å². The lowest BCUT2D eigenvalue weighted by Gasteiger charge is -2.31. The third-order valence-corrected chi connectivity index (χ3v) is 17.2. The second-order valence-corrected chi connectivity index (χ2v) is 24.9. The second kappa shape index (κ2) is 43.6. The first kappa shape index (κ1) is 82.7. The summed E-state index contributed by atoms with van der Waals surface area (Å²) in [6, 6.07) is -5.14. The van der Waals surface area contributed by atoms with Gasteiger partial charge < -0.3 is 79.2 Å². The number of rotatable bonds is 49. The van der Waals surface area contributed by atoms with Gasteiger partial charge in [-0.25, -0.2) is 13.6 Å². The Balaban J connectivity index is 2.42. The van der Waals surface area contributed by atoms with E-state index in [0.717, 1.165) is 56.9 Å². The third kappa shape index (κ3) is 29.1. The van der Waals surface area contributed by atoms with Gasteiger partial charge >= 0.3 is 5.97 Å². The maximum Gasteiger partial charge on any atom is 0.328 e. The number of likely N-dealkylation sites (N-methyl/N-ethyl adjacent to an activating group) is 1. The zero-order valence-electron chi connectivity index (χ0n) is 56.5. The van der Waals surface area contributed by atoms with Gasteiger partial charge in [-0.1, -0.05) is 149 Å². The fourth-order valence-corrected chi connectivity index (χ4v) is 10.5. The number of nitrogens with two attached hydrogens (primary N) is 1. The quantitative estimate of drug-likeness (QED) is 0.0249. The van der Waals surface area contributed by atoms with Crippen LogP contribution >= 0.6 is 0 Å². The van der Waals surface area contributed by atoms with Gasteiger partial charge in [-0.2, -0.15) is 0 Å². The topological polar surface area (TPSA) is 413 Å². The highest BCUT2D eigenvalue weighted by molar-refractivity contribution is 5.99. The maximum atomic E-state index is 14.5. The minimum Gasteiger partial charge on any atom is -0.458 e. The van der Waals surface area contributed by atoms with Crippen LogP contribution in [0.15, 0.2) is 30.3 Å². The second-order valence-electron chi connectivity index (χ2n) is 24.9. The number of hydrogen-bond donors (Lipinski definition) is 14. The van der Waals surface area contributed by atoms with Crippen molar-refractivity contribution in [1.82, 2.24) is 58.5 Å². The smallest absolute Gasteiger partial charge is 0.328 e. The number of unbranched alkanes of at least 4 members (excludes halogenated alkanes) is 8. The summed E-state index contributed by atoms with van der Waals surface area (Å²) in [6.45, 7) is 12.7. The summed E-state index contributed by atoms with van der Waals surface area (Å²) in [4.78, 5) is 164. The van der Waals surface area contributed by atoms with Crippen LogP contribution in [0.4, 0.5) is 8.78 Å². The van der Waals surface area contributed by atoms with E-state index in [9.17, 15) is 76.5 Å². The van der Waals surface area contributed by atoms with E-state index in [1.165, 1.54) is 13.8 Å². The summed E-state index contributed by atoms with van der Waals surface area (Å²) in [6.07, 6.45) is 4.34. The Bertz CT molecular complexity index is 2590. The fourth-order valence-electron chi connectivity index (χ4n) is 10.5. The molecular formula is C65H108F2N12O15. The Morgan fingerprint density at radius 3 is 1.51 bits per heavy atom. The largest absolute Gasteiger partial charge is 0.458 e. The molecule has 532 valence electrons. The van der Waals surface area contributed by atoms with Crippen LogP contribution in [0.5, 0.6) is 0 Å². The van der Waals surface area contributed by atoms with Crippen LogP contribution in [-0.2, 0) is 68.7 Å². The van der Waals surface area contributed by atoms with Crippen molar-refractivity contribution in [3.8, 4) is 0 Å². The van der Waals surface area contributed by atoms with Gasteiger partial charge in [0.15, 0.2) is 0 Å². The molecule has 0 saturated heterocycles. The van der Waals surface area contributed by atoms with E-state index < -0.39 is 194 Å². The molecule has 0 radical (unpaired) electrons. The van der Waals surface area contributed by atoms with Crippen LogP contribution in [0.1, 0.15) is 183 Å². The highest BCUT2D eigenvalue weighted by atomic mass is 19.3. The predicted molar refractivity (Wildman–Crippen MR) is 346 cm³/mol. The van der Waals surface area contributed by atoms with Crippen LogP contribution < -0.4 is 64.2 Å². The Morgan fingerprint density at radius 2 is 1.01 bits per heavy atom. The van der Waals surface area contributed by atoms with Crippen molar-refractivity contribution in [2.45, 2.75) is 263 Å². The SMILES string of the molecule is CCCCCCC[C@H](NC(=O)[C@@H](Cc1ccccc1)NC)C(=O)N[C@@H](CO)C(=O)N[C@H](CCC(N)=O)C(=O)N[C@@H](C(=O)N[C@H](C(=O)N[C@@H](CO)C(=O)N[C@@H](C(=O)N[C@@H](C)C(=O)N[C@]1(C)C[C@H]1CC(F)F)[C@H](C)OC(=O)[C@H](CCCCCCC)NC=O)[C@@H](C)CC)[C@@H](C)CC. The van der Waals surface area contributed by atoms with Gasteiger partial charge in [0, 0.05) is 18.4 Å². The number of carbonyl (C=O) groups is 12. The van der Waals surface area contributed by atoms with Crippen molar-refractivity contribution < 1.29 is 81.3 Å². The van der Waals surface area contributed by atoms with E-state index >= 15 is 0 Å². The Kier molecular flexibility index (Phi) is 38.3. The first-order valence-corrected chi connectivity index (χ1v) is 33.2. The summed E-state index contributed by atoms with van der Waals surface area (Å²) in [7, 11) is 1.61. The zero-order chi connectivity index (χ0) is 70.7. The van der Waals surface area contributed by atoms with Crippen molar-refractivity contribution in [3.63, 3.8) is 0 Å². The normalized spacial score (nSPS) is 18.4. The van der Waals surface area contributed by atoms with Crippen LogP contribution in [0.2, 0.25) is 0 Å². The molecule has 0 spiro atoms. The fraction of sp³-hybridized carbons (Fsp3) is 0.723. The Hall–Kier alpha value is -7.40. The minimum absolute atomic E-state index is 0.167. The summed E-state index contributed by atoms with van der Waals surface area (Å²) >= 11 is 0. The number of halogens is 2. The number of esters is 1. The number of ether oxygens (including phenoxy) is 1. The zero-order valence-corrected chi connectivity index (χ0v) is 56.5. The van der Waals surface area contributed by atoms with Gasteiger partial charge in [-0.3, -0.25) is 52.7 Å². The molecule has 15 N–H and O–H groups in total. The van der Waals surface area contributed by atoms with Gasteiger partial charge in [-0.15, -0.1) is 0 Å². The average Bonchev–Trinajstić information content (AvgIpc) is 1.62.